The molecule has 0 aliphatic carbocycles. The Morgan fingerprint density at radius 1 is 1.00 bits per heavy atom. The number of hydrogen-bond acceptors (Lipinski definition) is 4. The Morgan fingerprint density at radius 3 is 1.95 bits per heavy atom. The number of nitrogens with one attached hydrogen (secondary N) is 3. The molecule has 0 aliphatic heterocycles. The van der Waals surface area contributed by atoms with Crippen molar-refractivity contribution in [2.24, 2.45) is 5.92 Å². The SMILES string of the molecule is CNC(=O)C(C)NC(=O)C(CC(C)C)NC(=O)OC(C)(C)C. The van der Waals surface area contributed by atoms with Crippen LogP contribution in [0.2, 0.25) is 0 Å². The highest BCUT2D eigenvalue weighted by molar-refractivity contribution is 5.90. The molecule has 0 aromatic rings. The molecule has 0 aromatic carbocycles. The second kappa shape index (κ2) is 8.60. The van der Waals surface area contributed by atoms with Crippen molar-refractivity contribution in [3.8, 4) is 0 Å². The minimum absolute atomic E-state index is 0.195. The zero-order chi connectivity index (χ0) is 17.5. The summed E-state index contributed by atoms with van der Waals surface area (Å²) < 4.78 is 5.16. The first-order valence-corrected chi connectivity index (χ1v) is 7.47. The van der Waals surface area contributed by atoms with Gasteiger partial charge in [0.25, 0.3) is 0 Å². The number of amides is 3. The van der Waals surface area contributed by atoms with Gasteiger partial charge in [-0.05, 0) is 40.0 Å². The monoisotopic (exact) mass is 315 g/mol. The van der Waals surface area contributed by atoms with E-state index < -0.39 is 29.7 Å². The summed E-state index contributed by atoms with van der Waals surface area (Å²) in [6, 6.07) is -1.42. The van der Waals surface area contributed by atoms with Crippen molar-refractivity contribution in [2.75, 3.05) is 7.05 Å². The molecule has 0 rings (SSSR count). The summed E-state index contributed by atoms with van der Waals surface area (Å²) in [5.41, 5.74) is -0.641. The molecule has 128 valence electrons. The van der Waals surface area contributed by atoms with E-state index >= 15 is 0 Å². The molecule has 0 aliphatic rings. The Bertz CT molecular complexity index is 402. The zero-order valence-corrected chi connectivity index (χ0v) is 14.6. The van der Waals surface area contributed by atoms with Crippen LogP contribution in [0.15, 0.2) is 0 Å². The largest absolute Gasteiger partial charge is 0.444 e. The highest BCUT2D eigenvalue weighted by atomic mass is 16.6. The third-order valence-corrected chi connectivity index (χ3v) is 2.71. The van der Waals surface area contributed by atoms with Crippen molar-refractivity contribution in [3.05, 3.63) is 0 Å². The second-order valence-electron chi connectivity index (χ2n) is 6.67. The predicted molar refractivity (Wildman–Crippen MR) is 84.3 cm³/mol. The quantitative estimate of drug-likeness (QED) is 0.685. The van der Waals surface area contributed by atoms with Gasteiger partial charge in [0.1, 0.15) is 17.7 Å². The van der Waals surface area contributed by atoms with Crippen LogP contribution in [-0.4, -0.2) is 42.6 Å². The molecule has 7 heteroatoms. The maximum absolute atomic E-state index is 12.2. The average Bonchev–Trinajstić information content (AvgIpc) is 2.33. The van der Waals surface area contributed by atoms with E-state index in [-0.39, 0.29) is 11.8 Å². The maximum Gasteiger partial charge on any atom is 0.408 e. The normalized spacial score (nSPS) is 14.0. The van der Waals surface area contributed by atoms with E-state index in [1.54, 1.807) is 27.7 Å². The van der Waals surface area contributed by atoms with Crippen molar-refractivity contribution < 1.29 is 19.1 Å². The summed E-state index contributed by atoms with van der Waals surface area (Å²) in [5.74, 6) is -0.509. The smallest absolute Gasteiger partial charge is 0.408 e. The maximum atomic E-state index is 12.2. The summed E-state index contributed by atoms with van der Waals surface area (Å²) >= 11 is 0. The van der Waals surface area contributed by atoms with Gasteiger partial charge < -0.3 is 20.7 Å². The summed E-state index contributed by atoms with van der Waals surface area (Å²) in [4.78, 5) is 35.6. The van der Waals surface area contributed by atoms with Gasteiger partial charge in [-0.15, -0.1) is 0 Å². The van der Waals surface area contributed by atoms with Gasteiger partial charge in [0.05, 0.1) is 0 Å². The molecular formula is C15H29N3O4. The van der Waals surface area contributed by atoms with E-state index in [0.29, 0.717) is 6.42 Å². The topological polar surface area (TPSA) is 96.5 Å². The van der Waals surface area contributed by atoms with Gasteiger partial charge in [-0.1, -0.05) is 13.8 Å². The number of alkyl carbamates (subject to hydrolysis) is 1. The second-order valence-corrected chi connectivity index (χ2v) is 6.67. The van der Waals surface area contributed by atoms with Gasteiger partial charge in [0, 0.05) is 7.05 Å². The van der Waals surface area contributed by atoms with Crippen LogP contribution in [0.1, 0.15) is 48.0 Å². The lowest BCUT2D eigenvalue weighted by atomic mass is 10.0. The zero-order valence-electron chi connectivity index (χ0n) is 14.6. The van der Waals surface area contributed by atoms with Gasteiger partial charge in [-0.2, -0.15) is 0 Å². The minimum atomic E-state index is -0.748. The first-order valence-electron chi connectivity index (χ1n) is 7.47. The van der Waals surface area contributed by atoms with Crippen molar-refractivity contribution in [2.45, 2.75) is 65.6 Å². The molecule has 0 spiro atoms. The molecule has 0 fully saturated rings. The van der Waals surface area contributed by atoms with E-state index in [9.17, 15) is 14.4 Å². The van der Waals surface area contributed by atoms with Crippen LogP contribution in [0, 0.1) is 5.92 Å². The van der Waals surface area contributed by atoms with E-state index in [1.165, 1.54) is 7.05 Å². The van der Waals surface area contributed by atoms with Crippen molar-refractivity contribution >= 4 is 17.9 Å². The van der Waals surface area contributed by atoms with E-state index in [4.69, 9.17) is 4.74 Å². The average molecular weight is 315 g/mol. The summed E-state index contributed by atoms with van der Waals surface area (Å²) in [6.45, 7) is 10.7. The third kappa shape index (κ3) is 8.49. The Hall–Kier alpha value is -1.79. The van der Waals surface area contributed by atoms with Crippen LogP contribution in [-0.2, 0) is 14.3 Å². The van der Waals surface area contributed by atoms with E-state index in [0.717, 1.165) is 0 Å². The fraction of sp³-hybridized carbons (Fsp3) is 0.800. The van der Waals surface area contributed by atoms with Crippen LogP contribution in [0.25, 0.3) is 0 Å². The molecule has 0 aromatic heterocycles. The number of carbonyl (C=O) groups is 3. The van der Waals surface area contributed by atoms with Crippen molar-refractivity contribution in [1.82, 2.24) is 16.0 Å². The molecule has 0 radical (unpaired) electrons. The van der Waals surface area contributed by atoms with Crippen LogP contribution in [0.4, 0.5) is 4.79 Å². The van der Waals surface area contributed by atoms with Crippen LogP contribution >= 0.6 is 0 Å². The van der Waals surface area contributed by atoms with Crippen LogP contribution in [0.3, 0.4) is 0 Å². The summed E-state index contributed by atoms with van der Waals surface area (Å²) in [7, 11) is 1.50. The lowest BCUT2D eigenvalue weighted by Crippen LogP contribution is -2.53. The predicted octanol–water partition coefficient (Wildman–Crippen LogP) is 1.18. The van der Waals surface area contributed by atoms with Crippen LogP contribution < -0.4 is 16.0 Å². The molecular weight excluding hydrogens is 286 g/mol. The highest BCUT2D eigenvalue weighted by Gasteiger charge is 2.27. The number of hydrogen-bond donors (Lipinski definition) is 3. The molecule has 0 heterocycles. The lowest BCUT2D eigenvalue weighted by molar-refractivity contribution is -0.129. The Morgan fingerprint density at radius 2 is 1.55 bits per heavy atom. The van der Waals surface area contributed by atoms with Crippen molar-refractivity contribution in [3.63, 3.8) is 0 Å². The molecule has 3 amide bonds. The molecule has 3 N–H and O–H groups in total. The molecule has 22 heavy (non-hydrogen) atoms. The van der Waals surface area contributed by atoms with Crippen molar-refractivity contribution in [1.29, 1.82) is 0 Å². The lowest BCUT2D eigenvalue weighted by Gasteiger charge is -2.25. The van der Waals surface area contributed by atoms with E-state index in [2.05, 4.69) is 16.0 Å². The molecule has 2 unspecified atom stereocenters. The summed E-state index contributed by atoms with van der Waals surface area (Å²) in [5, 5.41) is 7.60. The molecule has 2 atom stereocenters. The summed E-state index contributed by atoms with van der Waals surface area (Å²) in [6.07, 6.45) is -0.202. The van der Waals surface area contributed by atoms with Gasteiger partial charge in [-0.3, -0.25) is 9.59 Å². The Kier molecular flexibility index (Phi) is 7.90. The van der Waals surface area contributed by atoms with E-state index in [1.807, 2.05) is 13.8 Å². The Balaban J connectivity index is 4.79. The van der Waals surface area contributed by atoms with Gasteiger partial charge >= 0.3 is 6.09 Å². The fourth-order valence-corrected chi connectivity index (χ4v) is 1.75. The number of carbonyl (C=O) groups excluding carboxylic acids is 3. The Labute approximate surface area is 132 Å². The standard InChI is InChI=1S/C15H29N3O4/c1-9(2)8-11(18-14(21)22-15(4,5)6)13(20)17-10(3)12(19)16-7/h9-11H,8H2,1-7H3,(H,16,19)(H,17,20)(H,18,21). The first-order chi connectivity index (χ1) is 9.96. The molecule has 7 nitrogen and oxygen atoms in total. The van der Waals surface area contributed by atoms with Gasteiger partial charge in [0.15, 0.2) is 0 Å². The number of rotatable bonds is 6. The molecule has 0 bridgehead atoms. The number of likely N-dealkylation sites (N-methyl/N-ethyl adjacent to an activating group) is 1. The molecule has 0 saturated heterocycles. The minimum Gasteiger partial charge on any atom is -0.444 e. The van der Waals surface area contributed by atoms with Gasteiger partial charge in [-0.25, -0.2) is 4.79 Å². The fourth-order valence-electron chi connectivity index (χ4n) is 1.75. The third-order valence-electron chi connectivity index (χ3n) is 2.71. The first kappa shape index (κ1) is 20.2. The highest BCUT2D eigenvalue weighted by Crippen LogP contribution is 2.09. The van der Waals surface area contributed by atoms with Gasteiger partial charge in [0.2, 0.25) is 11.8 Å². The van der Waals surface area contributed by atoms with Crippen LogP contribution in [0.5, 0.6) is 0 Å². The number of ether oxygens (including phenoxy) is 1. The molecule has 0 saturated carbocycles.